The Morgan fingerprint density at radius 2 is 1.56 bits per heavy atom. The standard InChI is InChI=1S/C20H28N8O5S/c29-17(13-2-1-3-23-13)26-14(4-11-6-21-9-24-11)18(30)28-16(8-34)19(31)27-15(20(32)33)5-12-7-22-10-25-12/h6-7,9-10,13-16,23,34H,1-5,8H2,(H,21,24)(H,22,25)(H,26,29)(H,27,31)(H,28,30)(H,32,33). The number of aromatic nitrogens is 4. The van der Waals surface area contributed by atoms with Gasteiger partial charge in [-0.1, -0.05) is 0 Å². The molecule has 13 nitrogen and oxygen atoms in total. The zero-order chi connectivity index (χ0) is 24.5. The second-order valence-electron chi connectivity index (χ2n) is 7.92. The summed E-state index contributed by atoms with van der Waals surface area (Å²) in [7, 11) is 0. The van der Waals surface area contributed by atoms with Crippen LogP contribution in [0.4, 0.5) is 0 Å². The van der Waals surface area contributed by atoms with Crippen molar-refractivity contribution in [2.24, 2.45) is 0 Å². The fourth-order valence-corrected chi connectivity index (χ4v) is 3.82. The third-order valence-corrected chi connectivity index (χ3v) is 5.76. The lowest BCUT2D eigenvalue weighted by atomic mass is 10.1. The summed E-state index contributed by atoms with van der Waals surface area (Å²) in [6, 6.07) is -3.72. The topological polar surface area (TPSA) is 194 Å². The van der Waals surface area contributed by atoms with Crippen molar-refractivity contribution < 1.29 is 24.3 Å². The highest BCUT2D eigenvalue weighted by Gasteiger charge is 2.31. The van der Waals surface area contributed by atoms with Gasteiger partial charge in [-0.25, -0.2) is 14.8 Å². The van der Waals surface area contributed by atoms with E-state index in [1.807, 2.05) is 0 Å². The number of carbonyl (C=O) groups is 4. The number of rotatable bonds is 12. The third kappa shape index (κ3) is 7.05. The van der Waals surface area contributed by atoms with Gasteiger partial charge in [-0.2, -0.15) is 12.6 Å². The zero-order valence-electron chi connectivity index (χ0n) is 18.3. The Hall–Kier alpha value is -3.39. The van der Waals surface area contributed by atoms with Crippen molar-refractivity contribution >= 4 is 36.3 Å². The van der Waals surface area contributed by atoms with Crippen molar-refractivity contribution in [1.82, 2.24) is 41.2 Å². The van der Waals surface area contributed by atoms with Crippen LogP contribution in [0.3, 0.4) is 0 Å². The van der Waals surface area contributed by atoms with Crippen LogP contribution in [-0.4, -0.2) is 85.2 Å². The number of carboxylic acid groups (broad SMARTS) is 1. The molecule has 3 heterocycles. The summed E-state index contributed by atoms with van der Waals surface area (Å²) in [4.78, 5) is 63.4. The van der Waals surface area contributed by atoms with Crippen molar-refractivity contribution in [2.75, 3.05) is 12.3 Å². The Labute approximate surface area is 200 Å². The molecule has 2 aromatic heterocycles. The average molecular weight is 493 g/mol. The van der Waals surface area contributed by atoms with Gasteiger partial charge in [0.1, 0.15) is 18.1 Å². The van der Waals surface area contributed by atoms with Crippen LogP contribution in [0.2, 0.25) is 0 Å². The van der Waals surface area contributed by atoms with Gasteiger partial charge in [0.2, 0.25) is 17.7 Å². The fraction of sp³-hybridized carbons (Fsp3) is 0.500. The first-order valence-electron chi connectivity index (χ1n) is 10.8. The largest absolute Gasteiger partial charge is 0.480 e. The van der Waals surface area contributed by atoms with Crippen LogP contribution < -0.4 is 21.3 Å². The van der Waals surface area contributed by atoms with Gasteiger partial charge in [-0.05, 0) is 19.4 Å². The molecule has 0 aliphatic carbocycles. The second-order valence-corrected chi connectivity index (χ2v) is 8.28. The Kier molecular flexibility index (Phi) is 9.04. The molecule has 184 valence electrons. The summed E-state index contributed by atoms with van der Waals surface area (Å²) >= 11 is 4.14. The van der Waals surface area contributed by atoms with E-state index < -0.39 is 35.9 Å². The maximum absolute atomic E-state index is 13.0. The molecule has 0 bridgehead atoms. The van der Waals surface area contributed by atoms with Crippen molar-refractivity contribution in [3.8, 4) is 0 Å². The minimum absolute atomic E-state index is 0.0127. The molecule has 3 amide bonds. The summed E-state index contributed by atoms with van der Waals surface area (Å²) in [6.45, 7) is 0.723. The number of hydrogen-bond acceptors (Lipinski definition) is 8. The monoisotopic (exact) mass is 492 g/mol. The first-order valence-corrected chi connectivity index (χ1v) is 11.4. The summed E-state index contributed by atoms with van der Waals surface area (Å²) in [5, 5.41) is 20.3. The Morgan fingerprint density at radius 3 is 2.06 bits per heavy atom. The Bertz CT molecular complexity index is 962. The van der Waals surface area contributed by atoms with Crippen molar-refractivity contribution in [2.45, 2.75) is 49.9 Å². The number of amides is 3. The molecule has 1 saturated heterocycles. The lowest BCUT2D eigenvalue weighted by Gasteiger charge is -2.24. The van der Waals surface area contributed by atoms with E-state index in [0.29, 0.717) is 17.8 Å². The highest BCUT2D eigenvalue weighted by molar-refractivity contribution is 7.80. The summed E-state index contributed by atoms with van der Waals surface area (Å²) in [6.07, 6.45) is 7.50. The van der Waals surface area contributed by atoms with E-state index in [-0.39, 0.29) is 30.5 Å². The lowest BCUT2D eigenvalue weighted by Crippen LogP contribution is -2.58. The van der Waals surface area contributed by atoms with Gasteiger partial charge >= 0.3 is 5.97 Å². The van der Waals surface area contributed by atoms with E-state index >= 15 is 0 Å². The normalized spacial score (nSPS) is 18.0. The number of nitrogens with zero attached hydrogens (tertiary/aromatic N) is 2. The number of imidazole rings is 2. The van der Waals surface area contributed by atoms with Gasteiger partial charge in [0.25, 0.3) is 0 Å². The molecule has 4 atom stereocenters. The maximum atomic E-state index is 13.0. The van der Waals surface area contributed by atoms with E-state index in [1.54, 1.807) is 0 Å². The molecule has 14 heteroatoms. The van der Waals surface area contributed by atoms with Crippen molar-refractivity contribution in [3.05, 3.63) is 36.4 Å². The molecule has 4 unspecified atom stereocenters. The lowest BCUT2D eigenvalue weighted by molar-refractivity contribution is -0.142. The predicted molar refractivity (Wildman–Crippen MR) is 123 cm³/mol. The minimum Gasteiger partial charge on any atom is -0.480 e. The quantitative estimate of drug-likeness (QED) is 0.158. The van der Waals surface area contributed by atoms with Crippen LogP contribution in [0.25, 0.3) is 0 Å². The van der Waals surface area contributed by atoms with Crippen LogP contribution in [0, 0.1) is 0 Å². The van der Waals surface area contributed by atoms with Gasteiger partial charge < -0.3 is 36.3 Å². The molecule has 1 aliphatic heterocycles. The molecule has 0 spiro atoms. The molecule has 0 radical (unpaired) electrons. The first-order chi connectivity index (χ1) is 16.4. The molecular formula is C20H28N8O5S. The van der Waals surface area contributed by atoms with Crippen LogP contribution in [-0.2, 0) is 32.0 Å². The number of carbonyl (C=O) groups excluding carboxylic acids is 3. The van der Waals surface area contributed by atoms with Gasteiger partial charge in [-0.3, -0.25) is 14.4 Å². The molecule has 3 rings (SSSR count). The zero-order valence-corrected chi connectivity index (χ0v) is 19.2. The number of aromatic amines is 2. The number of nitrogens with one attached hydrogen (secondary N) is 6. The van der Waals surface area contributed by atoms with E-state index in [4.69, 9.17) is 0 Å². The second kappa shape index (κ2) is 12.2. The van der Waals surface area contributed by atoms with Crippen LogP contribution >= 0.6 is 12.6 Å². The Balaban J connectivity index is 1.65. The van der Waals surface area contributed by atoms with E-state index in [9.17, 15) is 24.3 Å². The van der Waals surface area contributed by atoms with Gasteiger partial charge in [0.15, 0.2) is 0 Å². The summed E-state index contributed by atoms with van der Waals surface area (Å²) < 4.78 is 0. The van der Waals surface area contributed by atoms with Gasteiger partial charge in [0, 0.05) is 42.4 Å². The molecule has 2 aromatic rings. The van der Waals surface area contributed by atoms with E-state index in [0.717, 1.165) is 13.0 Å². The smallest absolute Gasteiger partial charge is 0.326 e. The molecular weight excluding hydrogens is 464 g/mol. The maximum Gasteiger partial charge on any atom is 0.326 e. The highest BCUT2D eigenvalue weighted by Crippen LogP contribution is 2.07. The van der Waals surface area contributed by atoms with Gasteiger partial charge in [0.05, 0.1) is 18.7 Å². The SMILES string of the molecule is O=C(O)C(Cc1cnc[nH]1)NC(=O)C(CS)NC(=O)C(Cc1cnc[nH]1)NC(=O)C1CCCN1. The number of thiol groups is 1. The molecule has 1 fully saturated rings. The summed E-state index contributed by atoms with van der Waals surface area (Å²) in [5.74, 6) is -2.94. The fourth-order valence-electron chi connectivity index (χ4n) is 3.56. The number of aliphatic carboxylic acids is 1. The molecule has 1 aliphatic rings. The molecule has 0 saturated carbocycles. The van der Waals surface area contributed by atoms with Crippen molar-refractivity contribution in [3.63, 3.8) is 0 Å². The van der Waals surface area contributed by atoms with E-state index in [1.165, 1.54) is 25.0 Å². The number of hydrogen-bond donors (Lipinski definition) is 8. The molecule has 34 heavy (non-hydrogen) atoms. The van der Waals surface area contributed by atoms with Crippen LogP contribution in [0.5, 0.6) is 0 Å². The Morgan fingerprint density at radius 1 is 0.971 bits per heavy atom. The first kappa shape index (κ1) is 25.2. The molecule has 7 N–H and O–H groups in total. The van der Waals surface area contributed by atoms with Crippen LogP contribution in [0.1, 0.15) is 24.2 Å². The number of carboxylic acids is 1. The third-order valence-electron chi connectivity index (χ3n) is 5.40. The van der Waals surface area contributed by atoms with Crippen LogP contribution in [0.15, 0.2) is 25.0 Å². The van der Waals surface area contributed by atoms with Crippen molar-refractivity contribution in [1.29, 1.82) is 0 Å². The highest BCUT2D eigenvalue weighted by atomic mass is 32.1. The number of H-pyrrole nitrogens is 2. The summed E-state index contributed by atoms with van der Waals surface area (Å²) in [5.41, 5.74) is 1.15. The average Bonchev–Trinajstić information content (AvgIpc) is 3.59. The predicted octanol–water partition coefficient (Wildman–Crippen LogP) is -1.86. The van der Waals surface area contributed by atoms with Gasteiger partial charge in [-0.15, -0.1) is 0 Å². The minimum atomic E-state index is -1.24. The molecule has 0 aromatic carbocycles. The van der Waals surface area contributed by atoms with E-state index in [2.05, 4.69) is 53.8 Å².